The van der Waals surface area contributed by atoms with Crippen LogP contribution in [0.5, 0.6) is 0 Å². The van der Waals surface area contributed by atoms with Gasteiger partial charge in [-0.15, -0.1) is 0 Å². The van der Waals surface area contributed by atoms with Crippen molar-refractivity contribution in [2.24, 2.45) is 0 Å². The average molecular weight is 415 g/mol. The van der Waals surface area contributed by atoms with Gasteiger partial charge in [0, 0.05) is 34.5 Å². The molecule has 28 heavy (non-hydrogen) atoms. The Balaban J connectivity index is 1.93. The maximum Gasteiger partial charge on any atom is 0.259 e. The molecule has 3 aromatic rings. The lowest BCUT2D eigenvalue weighted by Crippen LogP contribution is -2.32. The van der Waals surface area contributed by atoms with Crippen LogP contribution in [0.1, 0.15) is 28.4 Å². The summed E-state index contributed by atoms with van der Waals surface area (Å²) in [6.45, 7) is 4.68. The first kappa shape index (κ1) is 20.2. The van der Waals surface area contributed by atoms with E-state index < -0.39 is 0 Å². The smallest absolute Gasteiger partial charge is 0.259 e. The molecule has 0 N–H and O–H groups in total. The van der Waals surface area contributed by atoms with Gasteiger partial charge in [0.25, 0.3) is 11.5 Å². The standard InChI is InChI=1S/C22H20Cl2N2O2/c1-3-26(19-6-4-5-15(2)11-19)22(28)17-8-10-21(27)25(14-17)13-16-7-9-18(23)12-20(16)24/h4-12,14H,3,13H2,1-2H3. The van der Waals surface area contributed by atoms with Gasteiger partial charge in [-0.25, -0.2) is 0 Å². The number of aryl methyl sites for hydroxylation is 1. The third-order valence-electron chi connectivity index (χ3n) is 4.46. The highest BCUT2D eigenvalue weighted by Gasteiger charge is 2.17. The number of pyridine rings is 1. The second-order valence-electron chi connectivity index (χ2n) is 6.51. The summed E-state index contributed by atoms with van der Waals surface area (Å²) < 4.78 is 1.48. The van der Waals surface area contributed by atoms with Crippen molar-refractivity contribution in [3.05, 3.63) is 97.9 Å². The van der Waals surface area contributed by atoms with E-state index in [9.17, 15) is 9.59 Å². The lowest BCUT2D eigenvalue weighted by molar-refractivity contribution is 0.0987. The molecule has 1 heterocycles. The molecule has 2 aromatic carbocycles. The SMILES string of the molecule is CCN(C(=O)c1ccc(=O)n(Cc2ccc(Cl)cc2Cl)c1)c1cccc(C)c1. The molecular formula is C22H20Cl2N2O2. The lowest BCUT2D eigenvalue weighted by atomic mass is 10.1. The van der Waals surface area contributed by atoms with Crippen LogP contribution in [0.3, 0.4) is 0 Å². The van der Waals surface area contributed by atoms with E-state index in [1.165, 1.54) is 10.6 Å². The van der Waals surface area contributed by atoms with Gasteiger partial charge in [0.2, 0.25) is 0 Å². The molecule has 4 nitrogen and oxygen atoms in total. The summed E-state index contributed by atoms with van der Waals surface area (Å²) in [5.41, 5.74) is 2.88. The van der Waals surface area contributed by atoms with Gasteiger partial charge in [0.1, 0.15) is 0 Å². The van der Waals surface area contributed by atoms with Crippen LogP contribution in [-0.4, -0.2) is 17.0 Å². The van der Waals surface area contributed by atoms with Crippen LogP contribution in [0.2, 0.25) is 10.0 Å². The molecule has 0 aliphatic heterocycles. The van der Waals surface area contributed by atoms with Crippen LogP contribution in [0.25, 0.3) is 0 Å². The van der Waals surface area contributed by atoms with Crippen molar-refractivity contribution >= 4 is 34.8 Å². The summed E-state index contributed by atoms with van der Waals surface area (Å²) in [5, 5.41) is 1.01. The number of benzene rings is 2. The maximum atomic E-state index is 13.1. The van der Waals surface area contributed by atoms with E-state index in [1.54, 1.807) is 35.4 Å². The van der Waals surface area contributed by atoms with Gasteiger partial charge in [-0.1, -0.05) is 41.4 Å². The van der Waals surface area contributed by atoms with E-state index in [4.69, 9.17) is 23.2 Å². The van der Waals surface area contributed by atoms with Gasteiger partial charge in [-0.05, 0) is 55.3 Å². The number of rotatable bonds is 5. The molecule has 144 valence electrons. The fraction of sp³-hybridized carbons (Fsp3) is 0.182. The Hall–Kier alpha value is -2.56. The number of aromatic nitrogens is 1. The van der Waals surface area contributed by atoms with Crippen molar-refractivity contribution in [2.45, 2.75) is 20.4 Å². The minimum atomic E-state index is -0.207. The topological polar surface area (TPSA) is 42.3 Å². The molecule has 0 aliphatic carbocycles. The molecule has 1 aromatic heterocycles. The number of hydrogen-bond acceptors (Lipinski definition) is 2. The number of carbonyl (C=O) groups excluding carboxylic acids is 1. The molecule has 0 saturated carbocycles. The van der Waals surface area contributed by atoms with E-state index in [-0.39, 0.29) is 18.0 Å². The zero-order valence-corrected chi connectivity index (χ0v) is 17.2. The Morgan fingerprint density at radius 2 is 1.86 bits per heavy atom. The van der Waals surface area contributed by atoms with Crippen molar-refractivity contribution in [1.29, 1.82) is 0 Å². The van der Waals surface area contributed by atoms with Gasteiger partial charge in [-0.3, -0.25) is 9.59 Å². The quantitative estimate of drug-likeness (QED) is 0.577. The zero-order valence-electron chi connectivity index (χ0n) is 15.7. The Morgan fingerprint density at radius 3 is 2.54 bits per heavy atom. The molecule has 0 unspecified atom stereocenters. The molecular weight excluding hydrogens is 395 g/mol. The van der Waals surface area contributed by atoms with Crippen LogP contribution in [0.4, 0.5) is 5.69 Å². The van der Waals surface area contributed by atoms with Crippen LogP contribution < -0.4 is 10.5 Å². The van der Waals surface area contributed by atoms with Gasteiger partial charge in [-0.2, -0.15) is 0 Å². The highest BCUT2D eigenvalue weighted by atomic mass is 35.5. The van der Waals surface area contributed by atoms with Crippen molar-refractivity contribution in [1.82, 2.24) is 4.57 Å². The summed E-state index contributed by atoms with van der Waals surface area (Å²) in [6.07, 6.45) is 1.58. The van der Waals surface area contributed by atoms with Crippen LogP contribution in [0, 0.1) is 6.92 Å². The highest BCUT2D eigenvalue weighted by Crippen LogP contribution is 2.22. The molecule has 0 bridgehead atoms. The van der Waals surface area contributed by atoms with E-state index in [1.807, 2.05) is 38.1 Å². The van der Waals surface area contributed by atoms with Gasteiger partial charge in [0.05, 0.1) is 12.1 Å². The zero-order chi connectivity index (χ0) is 20.3. The van der Waals surface area contributed by atoms with E-state index in [2.05, 4.69) is 0 Å². The minimum absolute atomic E-state index is 0.163. The monoisotopic (exact) mass is 414 g/mol. The third-order valence-corrected chi connectivity index (χ3v) is 5.05. The summed E-state index contributed by atoms with van der Waals surface area (Å²) >= 11 is 12.2. The summed E-state index contributed by atoms with van der Waals surface area (Å²) in [4.78, 5) is 27.1. The number of anilines is 1. The number of carbonyl (C=O) groups is 1. The van der Waals surface area contributed by atoms with Crippen LogP contribution >= 0.6 is 23.2 Å². The molecule has 0 spiro atoms. The predicted octanol–water partition coefficient (Wildman–Crippen LogP) is 5.18. The number of hydrogen-bond donors (Lipinski definition) is 0. The molecule has 0 radical (unpaired) electrons. The van der Waals surface area contributed by atoms with E-state index in [0.29, 0.717) is 22.2 Å². The van der Waals surface area contributed by atoms with E-state index in [0.717, 1.165) is 16.8 Å². The fourth-order valence-electron chi connectivity index (χ4n) is 3.01. The largest absolute Gasteiger partial charge is 0.310 e. The fourth-order valence-corrected chi connectivity index (χ4v) is 3.48. The maximum absolute atomic E-state index is 13.1. The van der Waals surface area contributed by atoms with Gasteiger partial charge >= 0.3 is 0 Å². The first-order chi connectivity index (χ1) is 13.4. The lowest BCUT2D eigenvalue weighted by Gasteiger charge is -2.22. The highest BCUT2D eigenvalue weighted by molar-refractivity contribution is 6.35. The van der Waals surface area contributed by atoms with Gasteiger partial charge < -0.3 is 9.47 Å². The van der Waals surface area contributed by atoms with Crippen LogP contribution in [0.15, 0.2) is 65.6 Å². The van der Waals surface area contributed by atoms with Crippen molar-refractivity contribution < 1.29 is 4.79 Å². The molecule has 3 rings (SSSR count). The van der Waals surface area contributed by atoms with Gasteiger partial charge in [0.15, 0.2) is 0 Å². The third kappa shape index (κ3) is 4.46. The minimum Gasteiger partial charge on any atom is -0.310 e. The Kier molecular flexibility index (Phi) is 6.22. The molecule has 0 atom stereocenters. The first-order valence-electron chi connectivity index (χ1n) is 8.92. The number of amides is 1. The van der Waals surface area contributed by atoms with Crippen molar-refractivity contribution in [3.63, 3.8) is 0 Å². The molecule has 0 aliphatic rings. The van der Waals surface area contributed by atoms with E-state index >= 15 is 0 Å². The predicted molar refractivity (Wildman–Crippen MR) is 115 cm³/mol. The average Bonchev–Trinajstić information content (AvgIpc) is 2.66. The Bertz CT molecular complexity index is 1080. The van der Waals surface area contributed by atoms with Crippen molar-refractivity contribution in [2.75, 3.05) is 11.4 Å². The molecule has 1 amide bonds. The second kappa shape index (κ2) is 8.63. The molecule has 0 saturated heterocycles. The Labute approximate surface area is 173 Å². The molecule has 6 heteroatoms. The second-order valence-corrected chi connectivity index (χ2v) is 7.35. The summed E-state index contributed by atoms with van der Waals surface area (Å²) in [5.74, 6) is -0.163. The number of nitrogens with zero attached hydrogens (tertiary/aromatic N) is 2. The van der Waals surface area contributed by atoms with Crippen molar-refractivity contribution in [3.8, 4) is 0 Å². The van der Waals surface area contributed by atoms with Crippen LogP contribution in [-0.2, 0) is 6.54 Å². The Morgan fingerprint density at radius 1 is 1.07 bits per heavy atom. The summed E-state index contributed by atoms with van der Waals surface area (Å²) in [6, 6.07) is 15.9. The number of halogens is 2. The molecule has 0 fully saturated rings. The summed E-state index contributed by atoms with van der Waals surface area (Å²) in [7, 11) is 0. The first-order valence-corrected chi connectivity index (χ1v) is 9.67. The normalized spacial score (nSPS) is 10.7.